The lowest BCUT2D eigenvalue weighted by molar-refractivity contribution is -0.385. The number of hydrogen-bond donors (Lipinski definition) is 1. The van der Waals surface area contributed by atoms with E-state index in [0.717, 1.165) is 4.68 Å². The minimum Gasteiger partial charge on any atom is -0.288 e. The Balaban J connectivity index is 1.81. The molecule has 0 atom stereocenters. The van der Waals surface area contributed by atoms with Crippen LogP contribution in [0, 0.1) is 22.9 Å². The molecule has 0 unspecified atom stereocenters. The molecule has 1 amide bonds. The van der Waals surface area contributed by atoms with Crippen LogP contribution >= 0.6 is 11.6 Å². The lowest BCUT2D eigenvalue weighted by Gasteiger charge is -2.05. The van der Waals surface area contributed by atoms with Crippen LogP contribution in [0.1, 0.15) is 21.7 Å². The van der Waals surface area contributed by atoms with Crippen LogP contribution in [0.4, 0.5) is 16.0 Å². The highest BCUT2D eigenvalue weighted by Gasteiger charge is 2.29. The Labute approximate surface area is 156 Å². The third-order valence-electron chi connectivity index (χ3n) is 3.73. The van der Waals surface area contributed by atoms with Crippen LogP contribution in [0.15, 0.2) is 24.5 Å². The van der Waals surface area contributed by atoms with E-state index in [4.69, 9.17) is 11.6 Å². The van der Waals surface area contributed by atoms with Crippen molar-refractivity contribution in [1.82, 2.24) is 24.5 Å². The highest BCUT2D eigenvalue weighted by atomic mass is 35.5. The van der Waals surface area contributed by atoms with Crippen molar-refractivity contribution in [3.63, 3.8) is 0 Å². The van der Waals surface area contributed by atoms with Crippen molar-refractivity contribution >= 4 is 29.1 Å². The summed E-state index contributed by atoms with van der Waals surface area (Å²) in [5, 5.41) is 21.7. The predicted molar refractivity (Wildman–Crippen MR) is 93.1 cm³/mol. The second kappa shape index (κ2) is 7.11. The molecule has 0 aliphatic carbocycles. The molecule has 0 radical (unpaired) electrons. The SMILES string of the molecule is Cc1nn(C)c(C(=O)Nc2ncn(Cc3c(F)cccc3Cl)n2)c1[N+](=O)[O-]. The number of aryl methyl sites for hydroxylation is 2. The minimum atomic E-state index is -0.786. The summed E-state index contributed by atoms with van der Waals surface area (Å²) in [6.45, 7) is 1.43. The summed E-state index contributed by atoms with van der Waals surface area (Å²) in [5.74, 6) is -1.38. The summed E-state index contributed by atoms with van der Waals surface area (Å²) in [6, 6.07) is 4.30. The summed E-state index contributed by atoms with van der Waals surface area (Å²) in [7, 11) is 1.42. The first kappa shape index (κ1) is 18.5. The molecular weight excluding hydrogens is 381 g/mol. The molecule has 3 rings (SSSR count). The van der Waals surface area contributed by atoms with E-state index < -0.39 is 22.3 Å². The van der Waals surface area contributed by atoms with E-state index in [-0.39, 0.29) is 34.5 Å². The Morgan fingerprint density at radius 3 is 2.81 bits per heavy atom. The number of aromatic nitrogens is 5. The van der Waals surface area contributed by atoms with E-state index in [2.05, 4.69) is 20.5 Å². The molecule has 0 aliphatic heterocycles. The van der Waals surface area contributed by atoms with Crippen LogP contribution in [0.5, 0.6) is 0 Å². The number of carbonyl (C=O) groups is 1. The number of nitro groups is 1. The van der Waals surface area contributed by atoms with Crippen molar-refractivity contribution in [1.29, 1.82) is 0 Å². The summed E-state index contributed by atoms with van der Waals surface area (Å²) in [5.41, 5.74) is -0.293. The van der Waals surface area contributed by atoms with Crippen molar-refractivity contribution in [2.75, 3.05) is 5.32 Å². The maximum Gasteiger partial charge on any atom is 0.322 e. The van der Waals surface area contributed by atoms with E-state index in [0.29, 0.717) is 0 Å². The number of amides is 1. The zero-order valence-corrected chi connectivity index (χ0v) is 14.9. The Kier molecular flexibility index (Phi) is 4.86. The zero-order chi connectivity index (χ0) is 19.7. The van der Waals surface area contributed by atoms with Gasteiger partial charge in [-0.15, -0.1) is 5.10 Å². The molecule has 10 nitrogen and oxygen atoms in total. The van der Waals surface area contributed by atoms with Gasteiger partial charge in [-0.3, -0.25) is 24.9 Å². The van der Waals surface area contributed by atoms with Crippen LogP contribution < -0.4 is 5.32 Å². The first-order chi connectivity index (χ1) is 12.8. The van der Waals surface area contributed by atoms with E-state index in [1.807, 2.05) is 0 Å². The number of hydrogen-bond acceptors (Lipinski definition) is 6. The zero-order valence-electron chi connectivity index (χ0n) is 14.2. The summed E-state index contributed by atoms with van der Waals surface area (Å²) in [4.78, 5) is 26.8. The van der Waals surface area contributed by atoms with E-state index in [1.165, 1.54) is 37.1 Å². The van der Waals surface area contributed by atoms with Gasteiger partial charge in [0.05, 0.1) is 11.5 Å². The normalized spacial score (nSPS) is 10.8. The molecule has 2 aromatic heterocycles. The maximum absolute atomic E-state index is 13.9. The second-order valence-corrected chi connectivity index (χ2v) is 5.99. The quantitative estimate of drug-likeness (QED) is 0.524. The molecule has 1 N–H and O–H groups in total. The molecule has 140 valence electrons. The topological polar surface area (TPSA) is 121 Å². The fourth-order valence-corrected chi connectivity index (χ4v) is 2.78. The average molecular weight is 394 g/mol. The van der Waals surface area contributed by atoms with Crippen LogP contribution in [-0.4, -0.2) is 35.4 Å². The number of benzene rings is 1. The van der Waals surface area contributed by atoms with Gasteiger partial charge in [0.1, 0.15) is 17.8 Å². The van der Waals surface area contributed by atoms with E-state index in [1.54, 1.807) is 6.07 Å². The number of nitrogens with zero attached hydrogens (tertiary/aromatic N) is 6. The molecule has 0 spiro atoms. The van der Waals surface area contributed by atoms with Gasteiger partial charge in [0, 0.05) is 17.6 Å². The van der Waals surface area contributed by atoms with Gasteiger partial charge >= 0.3 is 5.69 Å². The van der Waals surface area contributed by atoms with Gasteiger partial charge in [0.2, 0.25) is 11.6 Å². The maximum atomic E-state index is 13.9. The minimum absolute atomic E-state index is 0.000651. The van der Waals surface area contributed by atoms with Crippen LogP contribution in [0.2, 0.25) is 5.02 Å². The van der Waals surface area contributed by atoms with E-state index >= 15 is 0 Å². The molecule has 0 bridgehead atoms. The Bertz CT molecular complexity index is 1030. The van der Waals surface area contributed by atoms with Gasteiger partial charge in [0.25, 0.3) is 5.91 Å². The third-order valence-corrected chi connectivity index (χ3v) is 4.09. The van der Waals surface area contributed by atoms with Crippen molar-refractivity contribution in [2.45, 2.75) is 13.5 Å². The molecule has 1 aromatic carbocycles. The first-order valence-electron chi connectivity index (χ1n) is 7.59. The number of carbonyl (C=O) groups excluding carboxylic acids is 1. The molecule has 0 aliphatic rings. The Hall–Kier alpha value is -3.34. The van der Waals surface area contributed by atoms with Crippen LogP contribution in [0.3, 0.4) is 0 Å². The number of anilines is 1. The fraction of sp³-hybridized carbons (Fsp3) is 0.200. The number of rotatable bonds is 5. The van der Waals surface area contributed by atoms with Crippen molar-refractivity contribution in [3.8, 4) is 0 Å². The third kappa shape index (κ3) is 3.62. The van der Waals surface area contributed by atoms with Crippen molar-refractivity contribution in [3.05, 3.63) is 62.4 Å². The first-order valence-corrected chi connectivity index (χ1v) is 7.97. The lowest BCUT2D eigenvalue weighted by atomic mass is 10.2. The summed E-state index contributed by atoms with van der Waals surface area (Å²) < 4.78 is 16.2. The smallest absolute Gasteiger partial charge is 0.288 e. The molecular formula is C15H13ClFN7O3. The second-order valence-electron chi connectivity index (χ2n) is 5.58. The molecule has 3 aromatic rings. The Morgan fingerprint density at radius 2 is 2.15 bits per heavy atom. The number of nitrogens with one attached hydrogen (secondary N) is 1. The van der Waals surface area contributed by atoms with Crippen LogP contribution in [-0.2, 0) is 13.6 Å². The standard InChI is InChI=1S/C15H13ClFN7O3/c1-8-12(24(26)27)13(22(2)20-8)14(25)19-15-18-7-23(21-15)6-9-10(16)4-3-5-11(9)17/h3-5,7H,6H2,1-2H3,(H,19,21,25). The van der Waals surface area contributed by atoms with Crippen LogP contribution in [0.25, 0.3) is 0 Å². The molecule has 0 saturated heterocycles. The average Bonchev–Trinajstić information content (AvgIpc) is 3.14. The van der Waals surface area contributed by atoms with Gasteiger partial charge in [-0.2, -0.15) is 5.10 Å². The predicted octanol–water partition coefficient (Wildman–Crippen LogP) is 2.32. The monoisotopic (exact) mass is 393 g/mol. The molecule has 0 fully saturated rings. The van der Waals surface area contributed by atoms with Gasteiger partial charge in [-0.05, 0) is 19.1 Å². The fourth-order valence-electron chi connectivity index (χ4n) is 2.55. The van der Waals surface area contributed by atoms with Gasteiger partial charge in [-0.25, -0.2) is 14.1 Å². The lowest BCUT2D eigenvalue weighted by Crippen LogP contribution is -2.18. The molecule has 12 heteroatoms. The van der Waals surface area contributed by atoms with Crippen molar-refractivity contribution in [2.24, 2.45) is 7.05 Å². The highest BCUT2D eigenvalue weighted by Crippen LogP contribution is 2.23. The van der Waals surface area contributed by atoms with Gasteiger partial charge in [-0.1, -0.05) is 17.7 Å². The van der Waals surface area contributed by atoms with Gasteiger partial charge in [0.15, 0.2) is 0 Å². The summed E-state index contributed by atoms with van der Waals surface area (Å²) in [6.07, 6.45) is 1.28. The Morgan fingerprint density at radius 1 is 1.41 bits per heavy atom. The molecule has 2 heterocycles. The largest absolute Gasteiger partial charge is 0.322 e. The van der Waals surface area contributed by atoms with Gasteiger partial charge < -0.3 is 0 Å². The van der Waals surface area contributed by atoms with Crippen molar-refractivity contribution < 1.29 is 14.1 Å². The summed E-state index contributed by atoms with van der Waals surface area (Å²) >= 11 is 5.97. The number of halogens is 2. The van der Waals surface area contributed by atoms with E-state index in [9.17, 15) is 19.3 Å². The molecule has 0 saturated carbocycles. The highest BCUT2D eigenvalue weighted by molar-refractivity contribution is 6.31. The molecule has 27 heavy (non-hydrogen) atoms.